The summed E-state index contributed by atoms with van der Waals surface area (Å²) in [6.07, 6.45) is -0.550. The summed E-state index contributed by atoms with van der Waals surface area (Å²) < 4.78 is 5.29. The SMILES string of the molecule is C[C@@H](OC(=O)c1cccc([N+](=O)[O-])c1)c1ccccc1Cl. The summed E-state index contributed by atoms with van der Waals surface area (Å²) in [5.74, 6) is -0.633. The fraction of sp³-hybridized carbons (Fsp3) is 0.133. The highest BCUT2D eigenvalue weighted by Crippen LogP contribution is 2.26. The predicted molar refractivity (Wildman–Crippen MR) is 78.4 cm³/mol. The van der Waals surface area contributed by atoms with Crippen molar-refractivity contribution >= 4 is 23.3 Å². The summed E-state index contributed by atoms with van der Waals surface area (Å²) in [5, 5.41) is 11.2. The lowest BCUT2D eigenvalue weighted by molar-refractivity contribution is -0.384. The number of halogens is 1. The Hall–Kier alpha value is -2.40. The molecule has 0 aromatic heterocycles. The Kier molecular flexibility index (Phi) is 4.55. The normalized spacial score (nSPS) is 11.7. The summed E-state index contributed by atoms with van der Waals surface area (Å²) >= 11 is 6.03. The zero-order valence-corrected chi connectivity index (χ0v) is 11.9. The van der Waals surface area contributed by atoms with E-state index >= 15 is 0 Å². The summed E-state index contributed by atoms with van der Waals surface area (Å²) in [6.45, 7) is 1.69. The number of hydrogen-bond donors (Lipinski definition) is 0. The van der Waals surface area contributed by atoms with Crippen molar-refractivity contribution in [1.29, 1.82) is 0 Å². The van der Waals surface area contributed by atoms with Gasteiger partial charge in [0.25, 0.3) is 5.69 Å². The van der Waals surface area contributed by atoms with Gasteiger partial charge in [0.1, 0.15) is 6.10 Å². The highest BCUT2D eigenvalue weighted by molar-refractivity contribution is 6.31. The van der Waals surface area contributed by atoms with E-state index in [0.717, 1.165) is 0 Å². The van der Waals surface area contributed by atoms with Crippen LogP contribution in [-0.2, 0) is 4.74 Å². The molecule has 0 aliphatic heterocycles. The zero-order chi connectivity index (χ0) is 15.4. The minimum absolute atomic E-state index is 0.128. The van der Waals surface area contributed by atoms with E-state index in [1.165, 1.54) is 24.3 Å². The van der Waals surface area contributed by atoms with Gasteiger partial charge in [-0.25, -0.2) is 4.79 Å². The van der Waals surface area contributed by atoms with Gasteiger partial charge in [-0.1, -0.05) is 35.9 Å². The molecule has 0 spiro atoms. The van der Waals surface area contributed by atoms with Gasteiger partial charge >= 0.3 is 5.97 Å². The second-order valence-corrected chi connectivity index (χ2v) is 4.78. The first-order valence-electron chi connectivity index (χ1n) is 6.19. The molecule has 0 amide bonds. The molecule has 0 radical (unpaired) electrons. The van der Waals surface area contributed by atoms with Gasteiger partial charge in [-0.3, -0.25) is 10.1 Å². The second kappa shape index (κ2) is 6.37. The molecule has 0 N–H and O–H groups in total. The van der Waals surface area contributed by atoms with Crippen LogP contribution in [0.4, 0.5) is 5.69 Å². The van der Waals surface area contributed by atoms with Gasteiger partial charge < -0.3 is 4.74 Å². The van der Waals surface area contributed by atoms with E-state index in [1.807, 2.05) is 0 Å². The van der Waals surface area contributed by atoms with Crippen molar-refractivity contribution < 1.29 is 14.5 Å². The number of rotatable bonds is 4. The summed E-state index contributed by atoms with van der Waals surface area (Å²) in [7, 11) is 0. The van der Waals surface area contributed by atoms with Crippen LogP contribution in [0.5, 0.6) is 0 Å². The fourth-order valence-corrected chi connectivity index (χ4v) is 2.13. The molecule has 0 heterocycles. The molecule has 5 nitrogen and oxygen atoms in total. The summed E-state index contributed by atoms with van der Waals surface area (Å²) in [4.78, 5) is 22.2. The fourth-order valence-electron chi connectivity index (χ4n) is 1.84. The van der Waals surface area contributed by atoms with Crippen molar-refractivity contribution in [3.63, 3.8) is 0 Å². The Bertz CT molecular complexity index is 687. The highest BCUT2D eigenvalue weighted by Gasteiger charge is 2.17. The molecule has 2 aromatic rings. The average Bonchev–Trinajstić information content (AvgIpc) is 2.47. The van der Waals surface area contributed by atoms with E-state index < -0.39 is 17.0 Å². The molecule has 0 saturated carbocycles. The summed E-state index contributed by atoms with van der Waals surface area (Å²) in [5.41, 5.74) is 0.649. The van der Waals surface area contributed by atoms with E-state index in [2.05, 4.69) is 0 Å². The molecule has 0 unspecified atom stereocenters. The molecule has 0 saturated heterocycles. The van der Waals surface area contributed by atoms with Crippen molar-refractivity contribution in [2.75, 3.05) is 0 Å². The van der Waals surface area contributed by atoms with Crippen LogP contribution in [0, 0.1) is 10.1 Å². The monoisotopic (exact) mass is 305 g/mol. The first kappa shape index (κ1) is 15.0. The first-order valence-corrected chi connectivity index (χ1v) is 6.56. The third-order valence-corrected chi connectivity index (χ3v) is 3.26. The van der Waals surface area contributed by atoms with E-state index in [1.54, 1.807) is 31.2 Å². The first-order chi connectivity index (χ1) is 9.99. The van der Waals surface area contributed by atoms with Crippen LogP contribution in [0.25, 0.3) is 0 Å². The molecule has 0 fully saturated rings. The van der Waals surface area contributed by atoms with Gasteiger partial charge in [-0.2, -0.15) is 0 Å². The Morgan fingerprint density at radius 1 is 1.24 bits per heavy atom. The van der Waals surface area contributed by atoms with Crippen LogP contribution in [0.15, 0.2) is 48.5 Å². The highest BCUT2D eigenvalue weighted by atomic mass is 35.5. The van der Waals surface area contributed by atoms with Gasteiger partial charge in [-0.05, 0) is 19.1 Å². The summed E-state index contributed by atoms with van der Waals surface area (Å²) in [6, 6.07) is 12.4. The maximum atomic E-state index is 12.0. The van der Waals surface area contributed by atoms with Crippen molar-refractivity contribution in [1.82, 2.24) is 0 Å². The van der Waals surface area contributed by atoms with Gasteiger partial charge in [0, 0.05) is 22.7 Å². The maximum Gasteiger partial charge on any atom is 0.338 e. The predicted octanol–water partition coefficient (Wildman–Crippen LogP) is 4.17. The molecular formula is C15H12ClNO4. The zero-order valence-electron chi connectivity index (χ0n) is 11.2. The van der Waals surface area contributed by atoms with Crippen molar-refractivity contribution in [3.05, 3.63) is 74.8 Å². The van der Waals surface area contributed by atoms with Gasteiger partial charge in [0.15, 0.2) is 0 Å². The van der Waals surface area contributed by atoms with Crippen LogP contribution >= 0.6 is 11.6 Å². The number of nitro groups is 1. The number of nitrogens with zero attached hydrogens (tertiary/aromatic N) is 1. The third kappa shape index (κ3) is 3.58. The Labute approximate surface area is 126 Å². The van der Waals surface area contributed by atoms with E-state index in [-0.39, 0.29) is 11.3 Å². The van der Waals surface area contributed by atoms with Gasteiger partial charge in [-0.15, -0.1) is 0 Å². The van der Waals surface area contributed by atoms with E-state index in [9.17, 15) is 14.9 Å². The molecule has 0 aliphatic carbocycles. The van der Waals surface area contributed by atoms with Crippen LogP contribution in [0.2, 0.25) is 5.02 Å². The molecule has 2 aromatic carbocycles. The standard InChI is InChI=1S/C15H12ClNO4/c1-10(13-7-2-3-8-14(13)16)21-15(18)11-5-4-6-12(9-11)17(19)20/h2-10H,1H3/t10-/m1/s1. The maximum absolute atomic E-state index is 12.0. The number of carbonyl (C=O) groups excluding carboxylic acids is 1. The number of hydrogen-bond acceptors (Lipinski definition) is 4. The number of ether oxygens (including phenoxy) is 1. The van der Waals surface area contributed by atoms with Crippen molar-refractivity contribution in [2.24, 2.45) is 0 Å². The Morgan fingerprint density at radius 2 is 1.95 bits per heavy atom. The smallest absolute Gasteiger partial charge is 0.338 e. The van der Waals surface area contributed by atoms with Crippen LogP contribution in [-0.4, -0.2) is 10.9 Å². The van der Waals surface area contributed by atoms with Crippen molar-refractivity contribution in [2.45, 2.75) is 13.0 Å². The molecule has 1 atom stereocenters. The average molecular weight is 306 g/mol. The second-order valence-electron chi connectivity index (χ2n) is 4.38. The van der Waals surface area contributed by atoms with Gasteiger partial charge in [0.2, 0.25) is 0 Å². The van der Waals surface area contributed by atoms with Crippen LogP contribution in [0.1, 0.15) is 28.9 Å². The van der Waals surface area contributed by atoms with E-state index in [0.29, 0.717) is 10.6 Å². The Morgan fingerprint density at radius 3 is 2.62 bits per heavy atom. The molecule has 6 heteroatoms. The molecule has 0 bridgehead atoms. The molecule has 0 aliphatic rings. The lowest BCUT2D eigenvalue weighted by Crippen LogP contribution is -2.09. The van der Waals surface area contributed by atoms with E-state index in [4.69, 9.17) is 16.3 Å². The van der Waals surface area contributed by atoms with Crippen LogP contribution in [0.3, 0.4) is 0 Å². The number of esters is 1. The van der Waals surface area contributed by atoms with Gasteiger partial charge in [0.05, 0.1) is 10.5 Å². The lowest BCUT2D eigenvalue weighted by Gasteiger charge is -2.14. The number of benzene rings is 2. The number of nitro benzene ring substituents is 1. The lowest BCUT2D eigenvalue weighted by atomic mass is 10.1. The third-order valence-electron chi connectivity index (χ3n) is 2.92. The largest absolute Gasteiger partial charge is 0.454 e. The topological polar surface area (TPSA) is 69.4 Å². The van der Waals surface area contributed by atoms with Crippen LogP contribution < -0.4 is 0 Å². The minimum atomic E-state index is -0.633. The number of carbonyl (C=O) groups is 1. The molecular weight excluding hydrogens is 294 g/mol. The number of non-ortho nitro benzene ring substituents is 1. The van der Waals surface area contributed by atoms with Crippen molar-refractivity contribution in [3.8, 4) is 0 Å². The quantitative estimate of drug-likeness (QED) is 0.483. The molecule has 108 valence electrons. The Balaban J connectivity index is 2.16. The molecule has 2 rings (SSSR count). The minimum Gasteiger partial charge on any atom is -0.454 e. The molecule has 21 heavy (non-hydrogen) atoms.